The number of hydrogen-bond acceptors (Lipinski definition) is 5. The zero-order chi connectivity index (χ0) is 20.3. The molecule has 0 heterocycles. The van der Waals surface area contributed by atoms with Gasteiger partial charge < -0.3 is 14.2 Å². The van der Waals surface area contributed by atoms with E-state index in [-0.39, 0.29) is 12.5 Å². The highest BCUT2D eigenvalue weighted by Crippen LogP contribution is 2.25. The van der Waals surface area contributed by atoms with Crippen molar-refractivity contribution in [3.05, 3.63) is 90.0 Å². The Bertz CT molecular complexity index is 958. The van der Waals surface area contributed by atoms with E-state index in [1.54, 1.807) is 31.5 Å². The van der Waals surface area contributed by atoms with Gasteiger partial charge in [-0.1, -0.05) is 54.6 Å². The van der Waals surface area contributed by atoms with Crippen LogP contribution in [-0.4, -0.2) is 25.8 Å². The molecule has 3 aromatic rings. The molecule has 0 saturated carbocycles. The van der Waals surface area contributed by atoms with Gasteiger partial charge in [-0.05, 0) is 35.4 Å². The second kappa shape index (κ2) is 10.5. The number of amides is 1. The first-order valence-electron chi connectivity index (χ1n) is 9.09. The number of carbonyl (C=O) groups is 1. The molecule has 6 nitrogen and oxygen atoms in total. The Morgan fingerprint density at radius 2 is 1.69 bits per heavy atom. The molecule has 0 aliphatic heterocycles. The quantitative estimate of drug-likeness (QED) is 0.446. The van der Waals surface area contributed by atoms with Crippen LogP contribution in [0.15, 0.2) is 84.0 Å². The van der Waals surface area contributed by atoms with Gasteiger partial charge in [-0.15, -0.1) is 0 Å². The number of nitrogens with zero attached hydrogens (tertiary/aromatic N) is 1. The minimum Gasteiger partial charge on any atom is -0.493 e. The number of rotatable bonds is 9. The Labute approximate surface area is 169 Å². The van der Waals surface area contributed by atoms with Crippen LogP contribution in [0.1, 0.15) is 11.1 Å². The van der Waals surface area contributed by atoms with E-state index in [0.29, 0.717) is 18.1 Å². The molecule has 148 valence electrons. The molecule has 29 heavy (non-hydrogen) atoms. The summed E-state index contributed by atoms with van der Waals surface area (Å²) in [6.45, 7) is 0.316. The minimum absolute atomic E-state index is 0.169. The second-order valence-corrected chi connectivity index (χ2v) is 6.08. The third-order valence-electron chi connectivity index (χ3n) is 3.94. The lowest BCUT2D eigenvalue weighted by atomic mass is 10.2. The normalized spacial score (nSPS) is 10.5. The molecular formula is C23H22N2O4. The molecule has 3 rings (SSSR count). The van der Waals surface area contributed by atoms with E-state index < -0.39 is 0 Å². The van der Waals surface area contributed by atoms with Crippen molar-refractivity contribution in [1.82, 2.24) is 5.43 Å². The van der Waals surface area contributed by atoms with Gasteiger partial charge in [-0.2, -0.15) is 5.10 Å². The minimum atomic E-state index is -0.372. The molecule has 0 aromatic heterocycles. The third kappa shape index (κ3) is 6.39. The molecule has 0 saturated heterocycles. The smallest absolute Gasteiger partial charge is 0.277 e. The number of hydrazone groups is 1. The zero-order valence-electron chi connectivity index (χ0n) is 16.1. The van der Waals surface area contributed by atoms with E-state index in [1.807, 2.05) is 60.7 Å². The number of carbonyl (C=O) groups excluding carboxylic acids is 1. The van der Waals surface area contributed by atoms with Crippen molar-refractivity contribution >= 4 is 12.1 Å². The highest BCUT2D eigenvalue weighted by molar-refractivity contribution is 5.83. The molecule has 0 spiro atoms. The van der Waals surface area contributed by atoms with Crippen LogP contribution in [0.2, 0.25) is 0 Å². The summed E-state index contributed by atoms with van der Waals surface area (Å²) in [6, 6.07) is 24.5. The molecule has 0 bridgehead atoms. The lowest BCUT2D eigenvalue weighted by Gasteiger charge is -2.09. The first-order chi connectivity index (χ1) is 14.2. The van der Waals surface area contributed by atoms with Crippen molar-refractivity contribution < 1.29 is 19.0 Å². The summed E-state index contributed by atoms with van der Waals surface area (Å²) in [6.07, 6.45) is 1.55. The fourth-order valence-electron chi connectivity index (χ4n) is 2.52. The number of nitrogens with one attached hydrogen (secondary N) is 1. The number of methoxy groups -OCH3 is 1. The van der Waals surface area contributed by atoms with Crippen molar-refractivity contribution in [2.45, 2.75) is 6.61 Å². The lowest BCUT2D eigenvalue weighted by molar-refractivity contribution is -0.123. The van der Waals surface area contributed by atoms with Crippen LogP contribution in [0.25, 0.3) is 0 Å². The van der Waals surface area contributed by atoms with E-state index in [1.165, 1.54) is 0 Å². The molecular weight excluding hydrogens is 368 g/mol. The van der Waals surface area contributed by atoms with E-state index in [9.17, 15) is 4.79 Å². The summed E-state index contributed by atoms with van der Waals surface area (Å²) in [5.41, 5.74) is 4.34. The van der Waals surface area contributed by atoms with Crippen molar-refractivity contribution in [2.24, 2.45) is 5.10 Å². The Morgan fingerprint density at radius 3 is 2.48 bits per heavy atom. The predicted molar refractivity (Wildman–Crippen MR) is 111 cm³/mol. The largest absolute Gasteiger partial charge is 0.493 e. The van der Waals surface area contributed by atoms with Crippen molar-refractivity contribution in [1.29, 1.82) is 0 Å². The molecule has 0 radical (unpaired) electrons. The molecule has 3 aromatic carbocycles. The number of hydrogen-bond donors (Lipinski definition) is 1. The van der Waals surface area contributed by atoms with Gasteiger partial charge in [0.25, 0.3) is 5.91 Å². The molecule has 0 aliphatic carbocycles. The molecule has 0 unspecified atom stereocenters. The summed E-state index contributed by atoms with van der Waals surface area (Å²) in [4.78, 5) is 11.9. The van der Waals surface area contributed by atoms with Crippen LogP contribution in [0.4, 0.5) is 0 Å². The van der Waals surface area contributed by atoms with Crippen LogP contribution in [0.3, 0.4) is 0 Å². The number of ether oxygens (including phenoxy) is 3. The molecule has 0 fully saturated rings. The highest BCUT2D eigenvalue weighted by atomic mass is 16.5. The Hall–Kier alpha value is -3.80. The monoisotopic (exact) mass is 390 g/mol. The van der Waals surface area contributed by atoms with Crippen molar-refractivity contribution in [3.63, 3.8) is 0 Å². The molecule has 1 amide bonds. The first-order valence-corrected chi connectivity index (χ1v) is 9.09. The van der Waals surface area contributed by atoms with Crippen LogP contribution in [0, 0.1) is 0 Å². The Morgan fingerprint density at radius 1 is 0.931 bits per heavy atom. The van der Waals surface area contributed by atoms with Crippen molar-refractivity contribution in [2.75, 3.05) is 13.7 Å². The molecule has 0 atom stereocenters. The van der Waals surface area contributed by atoms with Gasteiger partial charge in [0.05, 0.1) is 13.3 Å². The van der Waals surface area contributed by atoms with Crippen LogP contribution < -0.4 is 19.6 Å². The summed E-state index contributed by atoms with van der Waals surface area (Å²) in [5.74, 6) is 1.42. The fraction of sp³-hybridized carbons (Fsp3) is 0.130. The molecule has 0 aliphatic rings. The third-order valence-corrected chi connectivity index (χ3v) is 3.94. The zero-order valence-corrected chi connectivity index (χ0v) is 16.1. The summed E-state index contributed by atoms with van der Waals surface area (Å²) in [5, 5.41) is 3.96. The predicted octanol–water partition coefficient (Wildman–Crippen LogP) is 3.80. The summed E-state index contributed by atoms with van der Waals surface area (Å²) in [7, 11) is 1.55. The van der Waals surface area contributed by atoms with Gasteiger partial charge in [0.2, 0.25) is 0 Å². The van der Waals surface area contributed by atoms with Gasteiger partial charge in [-0.3, -0.25) is 4.79 Å². The average molecular weight is 390 g/mol. The SMILES string of the molecule is COc1ccccc1OCC(=O)N/N=C\c1cccc(OCc2ccccc2)c1. The van der Waals surface area contributed by atoms with E-state index in [0.717, 1.165) is 16.9 Å². The second-order valence-electron chi connectivity index (χ2n) is 6.08. The van der Waals surface area contributed by atoms with Gasteiger partial charge in [0.15, 0.2) is 18.1 Å². The fourth-order valence-corrected chi connectivity index (χ4v) is 2.52. The Kier molecular flexibility index (Phi) is 7.23. The van der Waals surface area contributed by atoms with Crippen molar-refractivity contribution in [3.8, 4) is 17.2 Å². The van der Waals surface area contributed by atoms with Crippen LogP contribution in [0.5, 0.6) is 17.2 Å². The first kappa shape index (κ1) is 19.9. The Balaban J connectivity index is 1.47. The lowest BCUT2D eigenvalue weighted by Crippen LogP contribution is -2.24. The van der Waals surface area contributed by atoms with Gasteiger partial charge >= 0.3 is 0 Å². The number of benzene rings is 3. The van der Waals surface area contributed by atoms with Gasteiger partial charge in [0.1, 0.15) is 12.4 Å². The van der Waals surface area contributed by atoms with Crippen LogP contribution >= 0.6 is 0 Å². The van der Waals surface area contributed by atoms with Crippen LogP contribution in [-0.2, 0) is 11.4 Å². The maximum absolute atomic E-state index is 11.9. The van der Waals surface area contributed by atoms with E-state index in [2.05, 4.69) is 10.5 Å². The topological polar surface area (TPSA) is 69.2 Å². The number of para-hydroxylation sites is 2. The summed E-state index contributed by atoms with van der Waals surface area (Å²) >= 11 is 0. The van der Waals surface area contributed by atoms with E-state index >= 15 is 0 Å². The average Bonchev–Trinajstić information content (AvgIpc) is 2.77. The highest BCUT2D eigenvalue weighted by Gasteiger charge is 2.06. The standard InChI is InChI=1S/C23H22N2O4/c1-27-21-12-5-6-13-22(21)29-17-23(26)25-24-15-19-10-7-11-20(14-19)28-16-18-8-3-2-4-9-18/h2-15H,16-17H2,1H3,(H,25,26)/b24-15-. The van der Waals surface area contributed by atoms with Gasteiger partial charge in [-0.25, -0.2) is 5.43 Å². The maximum atomic E-state index is 11.9. The summed E-state index contributed by atoms with van der Waals surface area (Å²) < 4.78 is 16.4. The van der Waals surface area contributed by atoms with E-state index in [4.69, 9.17) is 14.2 Å². The molecule has 6 heteroatoms. The van der Waals surface area contributed by atoms with Gasteiger partial charge in [0, 0.05) is 0 Å². The maximum Gasteiger partial charge on any atom is 0.277 e. The molecule has 1 N–H and O–H groups in total.